The molecule has 1 amide bonds. The number of nitrogens with one attached hydrogen (secondary N) is 2. The first kappa shape index (κ1) is 25.9. The molecule has 2 aromatic heterocycles. The smallest absolute Gasteiger partial charge is 0.336 e. The fourth-order valence-corrected chi connectivity index (χ4v) is 4.86. The summed E-state index contributed by atoms with van der Waals surface area (Å²) in [6, 6.07) is 23.6. The highest BCUT2D eigenvalue weighted by molar-refractivity contribution is 6.10. The van der Waals surface area contributed by atoms with Crippen molar-refractivity contribution >= 4 is 39.5 Å². The highest BCUT2D eigenvalue weighted by Gasteiger charge is 2.40. The third-order valence-electron chi connectivity index (χ3n) is 6.79. The Kier molecular flexibility index (Phi) is 7.56. The van der Waals surface area contributed by atoms with Gasteiger partial charge < -0.3 is 25.3 Å². The second kappa shape index (κ2) is 11.4. The lowest BCUT2D eigenvalue weighted by Crippen LogP contribution is -2.55. The summed E-state index contributed by atoms with van der Waals surface area (Å²) in [6.45, 7) is 1.73. The number of amides is 1. The van der Waals surface area contributed by atoms with E-state index in [4.69, 9.17) is 10.5 Å². The number of H-pyrrole nitrogens is 2. The maximum Gasteiger partial charge on any atom is 0.336 e. The molecule has 0 fully saturated rings. The van der Waals surface area contributed by atoms with E-state index in [1.165, 1.54) is 4.90 Å². The van der Waals surface area contributed by atoms with Gasteiger partial charge in [-0.3, -0.25) is 9.59 Å². The summed E-state index contributed by atoms with van der Waals surface area (Å²) in [6.07, 6.45) is 2.01. The van der Waals surface area contributed by atoms with Crippen molar-refractivity contribution in [2.24, 2.45) is 5.73 Å². The summed E-state index contributed by atoms with van der Waals surface area (Å²) in [7, 11) is 0. The highest BCUT2D eigenvalue weighted by Crippen LogP contribution is 2.23. The Hall–Kier alpha value is -4.69. The standard InChI is InChI=1S/C31H30N4O4/c1-2-39-31(38)28(29(36)24(32)16-22-18-33-26-15-9-7-13-23(22)26)35(19-20-10-4-3-5-11-20)30(37)27-17-21-12-6-8-14-25(21)34-27/h3-15,17-18,24,28,33-34H,2,16,19,32H2,1H3/t24?,28-/m1/s1. The quantitative estimate of drug-likeness (QED) is 0.186. The molecule has 5 aromatic rings. The fraction of sp³-hybridized carbons (Fsp3) is 0.194. The first-order chi connectivity index (χ1) is 19.0. The molecule has 8 nitrogen and oxygen atoms in total. The van der Waals surface area contributed by atoms with Gasteiger partial charge in [0.1, 0.15) is 5.69 Å². The van der Waals surface area contributed by atoms with Crippen LogP contribution in [-0.4, -0.2) is 51.2 Å². The predicted octanol–water partition coefficient (Wildman–Crippen LogP) is 4.36. The number of benzene rings is 3. The third-order valence-corrected chi connectivity index (χ3v) is 6.79. The van der Waals surface area contributed by atoms with Gasteiger partial charge in [0.25, 0.3) is 5.91 Å². The topological polar surface area (TPSA) is 121 Å². The maximum atomic E-state index is 14.0. The van der Waals surface area contributed by atoms with Crippen LogP contribution >= 0.6 is 0 Å². The molecular weight excluding hydrogens is 492 g/mol. The number of para-hydroxylation sites is 2. The van der Waals surface area contributed by atoms with Crippen LogP contribution in [-0.2, 0) is 27.3 Å². The number of nitrogens with two attached hydrogens (primary N) is 1. The van der Waals surface area contributed by atoms with Gasteiger partial charge in [0.15, 0.2) is 11.8 Å². The van der Waals surface area contributed by atoms with E-state index in [9.17, 15) is 14.4 Å². The molecule has 2 atom stereocenters. The van der Waals surface area contributed by atoms with E-state index in [1.54, 1.807) is 13.0 Å². The summed E-state index contributed by atoms with van der Waals surface area (Å²) >= 11 is 0. The molecule has 39 heavy (non-hydrogen) atoms. The molecule has 4 N–H and O–H groups in total. The van der Waals surface area contributed by atoms with E-state index in [-0.39, 0.29) is 25.3 Å². The van der Waals surface area contributed by atoms with Crippen molar-refractivity contribution < 1.29 is 19.1 Å². The highest BCUT2D eigenvalue weighted by atomic mass is 16.5. The van der Waals surface area contributed by atoms with E-state index >= 15 is 0 Å². The van der Waals surface area contributed by atoms with Crippen molar-refractivity contribution in [2.45, 2.75) is 32.0 Å². The Balaban J connectivity index is 1.51. The van der Waals surface area contributed by atoms with Gasteiger partial charge in [-0.2, -0.15) is 0 Å². The monoisotopic (exact) mass is 522 g/mol. The lowest BCUT2D eigenvalue weighted by atomic mass is 9.96. The number of ether oxygens (including phenoxy) is 1. The molecule has 2 heterocycles. The number of aromatic amines is 2. The number of carbonyl (C=O) groups is 3. The van der Waals surface area contributed by atoms with E-state index in [0.717, 1.165) is 32.9 Å². The fourth-order valence-electron chi connectivity index (χ4n) is 4.86. The predicted molar refractivity (Wildman–Crippen MR) is 150 cm³/mol. The van der Waals surface area contributed by atoms with Crippen molar-refractivity contribution in [3.8, 4) is 0 Å². The molecular formula is C31H30N4O4. The van der Waals surface area contributed by atoms with Gasteiger partial charge >= 0.3 is 5.97 Å². The molecule has 0 spiro atoms. The van der Waals surface area contributed by atoms with Crippen LogP contribution in [0, 0.1) is 0 Å². The van der Waals surface area contributed by atoms with Crippen molar-refractivity contribution in [2.75, 3.05) is 6.61 Å². The lowest BCUT2D eigenvalue weighted by molar-refractivity contribution is -0.152. The van der Waals surface area contributed by atoms with Gasteiger partial charge in [-0.15, -0.1) is 0 Å². The maximum absolute atomic E-state index is 14.0. The van der Waals surface area contributed by atoms with E-state index in [1.807, 2.05) is 85.1 Å². The molecule has 8 heteroatoms. The largest absolute Gasteiger partial charge is 0.464 e. The van der Waals surface area contributed by atoms with Crippen molar-refractivity contribution in [1.82, 2.24) is 14.9 Å². The number of hydrogen-bond acceptors (Lipinski definition) is 5. The number of carbonyl (C=O) groups excluding carboxylic acids is 3. The number of nitrogens with zero attached hydrogens (tertiary/aromatic N) is 1. The molecule has 3 aromatic carbocycles. The number of hydrogen-bond donors (Lipinski definition) is 3. The average Bonchev–Trinajstić information content (AvgIpc) is 3.57. The second-order valence-corrected chi connectivity index (χ2v) is 9.42. The van der Waals surface area contributed by atoms with Gasteiger partial charge in [0, 0.05) is 34.5 Å². The Morgan fingerprint density at radius 2 is 1.62 bits per heavy atom. The van der Waals surface area contributed by atoms with Crippen LogP contribution in [0.2, 0.25) is 0 Å². The van der Waals surface area contributed by atoms with Gasteiger partial charge in [0.2, 0.25) is 0 Å². The number of ketones is 1. The normalized spacial score (nSPS) is 12.8. The number of Topliss-reactive ketones (excluding diaryl/α,β-unsaturated/α-hetero) is 1. The van der Waals surface area contributed by atoms with Gasteiger partial charge in [-0.05, 0) is 42.7 Å². The Morgan fingerprint density at radius 3 is 2.36 bits per heavy atom. The molecule has 0 bridgehead atoms. The summed E-state index contributed by atoms with van der Waals surface area (Å²) in [5.74, 6) is -1.89. The Labute approximate surface area is 225 Å². The van der Waals surface area contributed by atoms with Crippen LogP contribution in [0.15, 0.2) is 91.1 Å². The molecule has 5 rings (SSSR count). The second-order valence-electron chi connectivity index (χ2n) is 9.42. The zero-order chi connectivity index (χ0) is 27.4. The zero-order valence-corrected chi connectivity index (χ0v) is 21.6. The number of aromatic nitrogens is 2. The number of rotatable bonds is 10. The SMILES string of the molecule is CCOC(=O)[C@@H](C(=O)C(N)Cc1c[nH]c2ccccc12)N(Cc1ccccc1)C(=O)c1cc2ccccc2[nH]1. The zero-order valence-electron chi connectivity index (χ0n) is 21.6. The van der Waals surface area contributed by atoms with Crippen LogP contribution in [0.4, 0.5) is 0 Å². The molecule has 0 radical (unpaired) electrons. The van der Waals surface area contributed by atoms with Crippen LogP contribution in [0.3, 0.4) is 0 Å². The van der Waals surface area contributed by atoms with Crippen LogP contribution < -0.4 is 5.73 Å². The van der Waals surface area contributed by atoms with E-state index in [2.05, 4.69) is 9.97 Å². The van der Waals surface area contributed by atoms with Crippen LogP contribution in [0.25, 0.3) is 21.8 Å². The molecule has 198 valence electrons. The Morgan fingerprint density at radius 1 is 0.923 bits per heavy atom. The molecule has 1 unspecified atom stereocenters. The average molecular weight is 523 g/mol. The number of fused-ring (bicyclic) bond motifs is 2. The van der Waals surface area contributed by atoms with Crippen molar-refractivity contribution in [3.05, 3.63) is 108 Å². The molecule has 0 saturated heterocycles. The van der Waals surface area contributed by atoms with Gasteiger partial charge in [0.05, 0.1) is 12.6 Å². The molecule has 0 saturated carbocycles. The first-order valence-corrected chi connectivity index (χ1v) is 12.9. The van der Waals surface area contributed by atoms with Gasteiger partial charge in [-0.1, -0.05) is 66.7 Å². The van der Waals surface area contributed by atoms with E-state index in [0.29, 0.717) is 0 Å². The third kappa shape index (κ3) is 5.46. The minimum atomic E-state index is -1.52. The van der Waals surface area contributed by atoms with Crippen LogP contribution in [0.1, 0.15) is 28.5 Å². The summed E-state index contributed by atoms with van der Waals surface area (Å²) in [5.41, 5.74) is 10.0. The number of esters is 1. The van der Waals surface area contributed by atoms with E-state index < -0.39 is 29.7 Å². The van der Waals surface area contributed by atoms with Gasteiger partial charge in [-0.25, -0.2) is 4.79 Å². The molecule has 0 aliphatic rings. The minimum Gasteiger partial charge on any atom is -0.464 e. The molecule has 0 aliphatic carbocycles. The van der Waals surface area contributed by atoms with Crippen molar-refractivity contribution in [1.29, 1.82) is 0 Å². The molecule has 0 aliphatic heterocycles. The summed E-state index contributed by atoms with van der Waals surface area (Å²) < 4.78 is 5.32. The van der Waals surface area contributed by atoms with Crippen molar-refractivity contribution in [3.63, 3.8) is 0 Å². The summed E-state index contributed by atoms with van der Waals surface area (Å²) in [4.78, 5) is 48.8. The summed E-state index contributed by atoms with van der Waals surface area (Å²) in [5, 5.41) is 1.79. The Bertz CT molecular complexity index is 1590. The minimum absolute atomic E-state index is 0.0179. The first-order valence-electron chi connectivity index (χ1n) is 12.9. The lowest BCUT2D eigenvalue weighted by Gasteiger charge is -2.30. The van der Waals surface area contributed by atoms with Crippen LogP contribution in [0.5, 0.6) is 0 Å².